The molecule has 1 N–H and O–H groups in total. The van der Waals surface area contributed by atoms with Gasteiger partial charge >= 0.3 is 0 Å². The van der Waals surface area contributed by atoms with Gasteiger partial charge in [0.15, 0.2) is 11.6 Å². The SMILES string of the molecule is CNC(Cc1ccc(OC)c(F)c1)c1cc(Br)ccc1C. The van der Waals surface area contributed by atoms with Crippen molar-refractivity contribution in [3.8, 4) is 5.75 Å². The molecule has 0 amide bonds. The Kier molecular flexibility index (Phi) is 5.37. The van der Waals surface area contributed by atoms with Gasteiger partial charge in [0, 0.05) is 10.5 Å². The van der Waals surface area contributed by atoms with Gasteiger partial charge in [-0.3, -0.25) is 0 Å². The number of ether oxygens (including phenoxy) is 1. The van der Waals surface area contributed by atoms with Crippen molar-refractivity contribution in [1.29, 1.82) is 0 Å². The van der Waals surface area contributed by atoms with Crippen LogP contribution in [-0.4, -0.2) is 14.2 Å². The largest absolute Gasteiger partial charge is 0.494 e. The van der Waals surface area contributed by atoms with Crippen LogP contribution in [0.15, 0.2) is 40.9 Å². The van der Waals surface area contributed by atoms with Gasteiger partial charge in [-0.2, -0.15) is 0 Å². The molecule has 0 radical (unpaired) electrons. The van der Waals surface area contributed by atoms with Crippen LogP contribution in [0.1, 0.15) is 22.7 Å². The molecular weight excluding hydrogens is 333 g/mol. The maximum atomic E-state index is 13.8. The van der Waals surface area contributed by atoms with Crippen molar-refractivity contribution in [3.63, 3.8) is 0 Å². The lowest BCUT2D eigenvalue weighted by molar-refractivity contribution is 0.386. The maximum Gasteiger partial charge on any atom is 0.165 e. The fourth-order valence-electron chi connectivity index (χ4n) is 2.43. The molecule has 2 rings (SSSR count). The van der Waals surface area contributed by atoms with E-state index in [1.54, 1.807) is 6.07 Å². The highest BCUT2D eigenvalue weighted by Crippen LogP contribution is 2.26. The molecule has 0 aliphatic carbocycles. The van der Waals surface area contributed by atoms with E-state index in [0.29, 0.717) is 6.42 Å². The molecule has 1 unspecified atom stereocenters. The standard InChI is InChI=1S/C17H19BrFNO/c1-11-4-6-13(18)10-14(11)16(20-2)9-12-5-7-17(21-3)15(19)8-12/h4-8,10,16,20H,9H2,1-3H3. The summed E-state index contributed by atoms with van der Waals surface area (Å²) in [6.07, 6.45) is 0.717. The third-order valence-electron chi connectivity index (χ3n) is 3.62. The minimum absolute atomic E-state index is 0.135. The summed E-state index contributed by atoms with van der Waals surface area (Å²) in [4.78, 5) is 0. The molecule has 0 fully saturated rings. The minimum atomic E-state index is -0.323. The fourth-order valence-corrected chi connectivity index (χ4v) is 2.81. The van der Waals surface area contributed by atoms with E-state index in [4.69, 9.17) is 4.74 Å². The van der Waals surface area contributed by atoms with Gasteiger partial charge in [0.1, 0.15) is 0 Å². The van der Waals surface area contributed by atoms with Crippen LogP contribution in [0.2, 0.25) is 0 Å². The first-order valence-corrected chi connectivity index (χ1v) is 7.60. The van der Waals surface area contributed by atoms with Gasteiger partial charge < -0.3 is 10.1 Å². The molecule has 112 valence electrons. The minimum Gasteiger partial charge on any atom is -0.494 e. The maximum absolute atomic E-state index is 13.8. The Hall–Kier alpha value is -1.39. The van der Waals surface area contributed by atoms with E-state index in [9.17, 15) is 4.39 Å². The van der Waals surface area contributed by atoms with Crippen LogP contribution in [0, 0.1) is 12.7 Å². The van der Waals surface area contributed by atoms with Crippen molar-refractivity contribution in [2.75, 3.05) is 14.2 Å². The monoisotopic (exact) mass is 351 g/mol. The Morgan fingerprint density at radius 1 is 1.24 bits per heavy atom. The van der Waals surface area contributed by atoms with Crippen molar-refractivity contribution in [3.05, 3.63) is 63.4 Å². The number of hydrogen-bond acceptors (Lipinski definition) is 2. The number of rotatable bonds is 5. The van der Waals surface area contributed by atoms with E-state index in [-0.39, 0.29) is 17.6 Å². The number of halogens is 2. The molecule has 0 saturated heterocycles. The van der Waals surface area contributed by atoms with Crippen molar-refractivity contribution >= 4 is 15.9 Å². The third-order valence-corrected chi connectivity index (χ3v) is 4.11. The van der Waals surface area contributed by atoms with Gasteiger partial charge in [0.2, 0.25) is 0 Å². The van der Waals surface area contributed by atoms with Crippen LogP contribution in [0.3, 0.4) is 0 Å². The van der Waals surface area contributed by atoms with Gasteiger partial charge in [-0.1, -0.05) is 28.1 Å². The summed E-state index contributed by atoms with van der Waals surface area (Å²) >= 11 is 3.51. The normalized spacial score (nSPS) is 12.2. The highest BCUT2D eigenvalue weighted by molar-refractivity contribution is 9.10. The number of methoxy groups -OCH3 is 1. The summed E-state index contributed by atoms with van der Waals surface area (Å²) in [6, 6.07) is 11.5. The van der Waals surface area contributed by atoms with Gasteiger partial charge in [0.05, 0.1) is 7.11 Å². The predicted octanol–water partition coefficient (Wildman–Crippen LogP) is 4.41. The quantitative estimate of drug-likeness (QED) is 0.861. The average molecular weight is 352 g/mol. The van der Waals surface area contributed by atoms with Gasteiger partial charge in [0.25, 0.3) is 0 Å². The fraction of sp³-hybridized carbons (Fsp3) is 0.294. The number of hydrogen-bond donors (Lipinski definition) is 1. The summed E-state index contributed by atoms with van der Waals surface area (Å²) in [5.74, 6) is -0.0470. The van der Waals surface area contributed by atoms with Gasteiger partial charge in [-0.05, 0) is 61.3 Å². The lowest BCUT2D eigenvalue weighted by Gasteiger charge is -2.19. The van der Waals surface area contributed by atoms with Crippen LogP contribution in [-0.2, 0) is 6.42 Å². The zero-order chi connectivity index (χ0) is 15.4. The van der Waals surface area contributed by atoms with Crippen LogP contribution >= 0.6 is 15.9 Å². The molecule has 0 spiro atoms. The molecule has 0 bridgehead atoms. The predicted molar refractivity (Wildman–Crippen MR) is 87.3 cm³/mol. The Morgan fingerprint density at radius 2 is 2.00 bits per heavy atom. The first kappa shape index (κ1) is 16.0. The lowest BCUT2D eigenvalue weighted by atomic mass is 9.95. The van der Waals surface area contributed by atoms with E-state index in [1.807, 2.05) is 19.2 Å². The molecule has 0 heterocycles. The second-order valence-corrected chi connectivity index (χ2v) is 5.93. The summed E-state index contributed by atoms with van der Waals surface area (Å²) < 4.78 is 19.8. The second-order valence-electron chi connectivity index (χ2n) is 5.02. The number of nitrogens with one attached hydrogen (secondary N) is 1. The molecule has 0 saturated carbocycles. The summed E-state index contributed by atoms with van der Waals surface area (Å²) in [6.45, 7) is 2.08. The average Bonchev–Trinajstić information content (AvgIpc) is 2.47. The number of benzene rings is 2. The van der Waals surface area contributed by atoms with Crippen molar-refractivity contribution in [1.82, 2.24) is 5.32 Å². The molecule has 0 aliphatic heterocycles. The van der Waals surface area contributed by atoms with Gasteiger partial charge in [-0.15, -0.1) is 0 Å². The number of aryl methyl sites for hydroxylation is 1. The first-order chi connectivity index (χ1) is 10.0. The van der Waals surface area contributed by atoms with E-state index >= 15 is 0 Å². The number of likely N-dealkylation sites (N-methyl/N-ethyl adjacent to an activating group) is 1. The van der Waals surface area contributed by atoms with E-state index < -0.39 is 0 Å². The molecule has 21 heavy (non-hydrogen) atoms. The molecule has 1 atom stereocenters. The Bertz CT molecular complexity index is 630. The van der Waals surface area contributed by atoms with Gasteiger partial charge in [-0.25, -0.2) is 4.39 Å². The zero-order valence-corrected chi connectivity index (χ0v) is 14.0. The summed E-state index contributed by atoms with van der Waals surface area (Å²) in [5.41, 5.74) is 3.36. The zero-order valence-electron chi connectivity index (χ0n) is 12.4. The second kappa shape index (κ2) is 7.05. The summed E-state index contributed by atoms with van der Waals surface area (Å²) in [7, 11) is 3.39. The van der Waals surface area contributed by atoms with Crippen molar-refractivity contribution in [2.45, 2.75) is 19.4 Å². The molecule has 2 aromatic rings. The van der Waals surface area contributed by atoms with Crippen LogP contribution in [0.5, 0.6) is 5.75 Å². The van der Waals surface area contributed by atoms with Crippen LogP contribution in [0.25, 0.3) is 0 Å². The van der Waals surface area contributed by atoms with E-state index in [0.717, 1.165) is 10.0 Å². The smallest absolute Gasteiger partial charge is 0.165 e. The molecule has 0 aliphatic rings. The highest BCUT2D eigenvalue weighted by Gasteiger charge is 2.14. The lowest BCUT2D eigenvalue weighted by Crippen LogP contribution is -2.20. The molecule has 0 aromatic heterocycles. The third kappa shape index (κ3) is 3.83. The van der Waals surface area contributed by atoms with Crippen molar-refractivity contribution in [2.24, 2.45) is 0 Å². The summed E-state index contributed by atoms with van der Waals surface area (Å²) in [5, 5.41) is 3.31. The van der Waals surface area contributed by atoms with E-state index in [2.05, 4.69) is 40.3 Å². The van der Waals surface area contributed by atoms with Crippen molar-refractivity contribution < 1.29 is 9.13 Å². The van der Waals surface area contributed by atoms with Crippen LogP contribution in [0.4, 0.5) is 4.39 Å². The molecule has 4 heteroatoms. The molecule has 2 aromatic carbocycles. The van der Waals surface area contributed by atoms with E-state index in [1.165, 1.54) is 24.3 Å². The Labute approximate surface area is 133 Å². The Balaban J connectivity index is 2.26. The van der Waals surface area contributed by atoms with Crippen LogP contribution < -0.4 is 10.1 Å². The molecular formula is C17H19BrFNO. The Morgan fingerprint density at radius 3 is 2.62 bits per heavy atom. The highest BCUT2D eigenvalue weighted by atomic mass is 79.9. The first-order valence-electron chi connectivity index (χ1n) is 6.81. The molecule has 2 nitrogen and oxygen atoms in total. The topological polar surface area (TPSA) is 21.3 Å².